The molecule has 5 heteroatoms. The molecule has 0 aromatic rings. The van der Waals surface area contributed by atoms with Crippen LogP contribution in [0.15, 0.2) is 5.16 Å². The minimum atomic E-state index is -3.11. The number of hydrogen-bond donors (Lipinski definition) is 1. The van der Waals surface area contributed by atoms with Gasteiger partial charge in [0.05, 0.1) is 5.71 Å². The predicted molar refractivity (Wildman–Crippen MR) is 48.4 cm³/mol. The lowest BCUT2D eigenvalue weighted by molar-refractivity contribution is 0.317. The second-order valence-electron chi connectivity index (χ2n) is 2.59. The lowest BCUT2D eigenvalue weighted by Crippen LogP contribution is -2.29. The topological polar surface area (TPSA) is 66.7 Å². The van der Waals surface area contributed by atoms with Crippen LogP contribution < -0.4 is 0 Å². The van der Waals surface area contributed by atoms with Crippen LogP contribution in [0.1, 0.15) is 27.2 Å². The Balaban J connectivity index is 4.81. The van der Waals surface area contributed by atoms with Crippen LogP contribution in [0.3, 0.4) is 0 Å². The van der Waals surface area contributed by atoms with Gasteiger partial charge in [0.2, 0.25) is 0 Å². The number of nitrogens with zero attached hydrogens (tertiary/aromatic N) is 1. The maximum Gasteiger partial charge on any atom is 0.158 e. The summed E-state index contributed by atoms with van der Waals surface area (Å²) in [6.07, 6.45) is 0.450. The fraction of sp³-hybridized carbons (Fsp3) is 0.857. The molecular formula is C7H15NO3S. The average molecular weight is 193 g/mol. The normalized spacial score (nSPS) is 16.1. The van der Waals surface area contributed by atoms with Crippen LogP contribution in [-0.2, 0) is 9.84 Å². The zero-order valence-electron chi connectivity index (χ0n) is 7.61. The molecule has 0 amide bonds. The summed E-state index contributed by atoms with van der Waals surface area (Å²) in [6, 6.07) is 0. The molecule has 0 aliphatic rings. The van der Waals surface area contributed by atoms with Crippen molar-refractivity contribution in [2.75, 3.05) is 5.75 Å². The summed E-state index contributed by atoms with van der Waals surface area (Å²) in [5, 5.41) is 10.7. The van der Waals surface area contributed by atoms with E-state index in [-0.39, 0.29) is 11.5 Å². The summed E-state index contributed by atoms with van der Waals surface area (Å²) in [5.74, 6) is 0.0817. The van der Waals surface area contributed by atoms with Crippen LogP contribution in [0.2, 0.25) is 0 Å². The second kappa shape index (κ2) is 4.45. The standard InChI is InChI=1S/C7H15NO3S/c1-4-7(6(3)8-9)12(10,11)5-2/h7,9H,4-5H2,1-3H3/b8-6+. The van der Waals surface area contributed by atoms with Gasteiger partial charge in [-0.15, -0.1) is 0 Å². The molecule has 1 atom stereocenters. The average Bonchev–Trinajstić information content (AvgIpc) is 2.05. The first-order valence-corrected chi connectivity index (χ1v) is 5.61. The van der Waals surface area contributed by atoms with Crippen LogP contribution in [0.4, 0.5) is 0 Å². The molecule has 0 heterocycles. The third-order valence-electron chi connectivity index (χ3n) is 1.83. The SMILES string of the molecule is CCC(/C(C)=N/O)S(=O)(=O)CC. The van der Waals surface area contributed by atoms with Crippen LogP contribution in [0.25, 0.3) is 0 Å². The summed E-state index contributed by atoms with van der Waals surface area (Å²) in [7, 11) is -3.11. The van der Waals surface area contributed by atoms with Gasteiger partial charge in [-0.3, -0.25) is 0 Å². The van der Waals surface area contributed by atoms with E-state index < -0.39 is 15.1 Å². The van der Waals surface area contributed by atoms with Gasteiger partial charge in [0, 0.05) is 5.75 Å². The lowest BCUT2D eigenvalue weighted by Gasteiger charge is -2.12. The van der Waals surface area contributed by atoms with E-state index in [0.717, 1.165) is 0 Å². The minimum absolute atomic E-state index is 0.0817. The molecule has 0 bridgehead atoms. The quantitative estimate of drug-likeness (QED) is 0.412. The van der Waals surface area contributed by atoms with E-state index in [9.17, 15) is 8.42 Å². The van der Waals surface area contributed by atoms with Crippen molar-refractivity contribution in [1.29, 1.82) is 0 Å². The van der Waals surface area contributed by atoms with Gasteiger partial charge in [-0.1, -0.05) is 19.0 Å². The fourth-order valence-corrected chi connectivity index (χ4v) is 2.55. The Hall–Kier alpha value is -0.580. The Morgan fingerprint density at radius 3 is 2.25 bits per heavy atom. The molecule has 0 saturated carbocycles. The summed E-state index contributed by atoms with van der Waals surface area (Å²) in [4.78, 5) is 0. The number of sulfone groups is 1. The van der Waals surface area contributed by atoms with E-state index in [1.165, 1.54) is 6.92 Å². The molecule has 1 unspecified atom stereocenters. The van der Waals surface area contributed by atoms with Crippen molar-refractivity contribution in [3.63, 3.8) is 0 Å². The molecule has 0 fully saturated rings. The van der Waals surface area contributed by atoms with Crippen LogP contribution >= 0.6 is 0 Å². The van der Waals surface area contributed by atoms with E-state index in [0.29, 0.717) is 6.42 Å². The minimum Gasteiger partial charge on any atom is -0.411 e. The molecule has 0 spiro atoms. The number of oxime groups is 1. The van der Waals surface area contributed by atoms with E-state index in [4.69, 9.17) is 5.21 Å². The Morgan fingerprint density at radius 1 is 1.50 bits per heavy atom. The molecule has 0 aliphatic heterocycles. The Labute approximate surface area is 73.2 Å². The Kier molecular flexibility index (Phi) is 4.23. The highest BCUT2D eigenvalue weighted by Crippen LogP contribution is 2.08. The first-order chi connectivity index (χ1) is 5.49. The Bertz CT molecular complexity index is 256. The molecule has 1 N–H and O–H groups in total. The molecular weight excluding hydrogens is 178 g/mol. The van der Waals surface area contributed by atoms with Gasteiger partial charge in [0.15, 0.2) is 9.84 Å². The zero-order valence-corrected chi connectivity index (χ0v) is 8.43. The highest BCUT2D eigenvalue weighted by atomic mass is 32.2. The lowest BCUT2D eigenvalue weighted by atomic mass is 10.2. The largest absolute Gasteiger partial charge is 0.411 e. The predicted octanol–water partition coefficient (Wildman–Crippen LogP) is 1.05. The first kappa shape index (κ1) is 11.4. The third-order valence-corrected chi connectivity index (χ3v) is 4.18. The molecule has 0 aromatic carbocycles. The van der Waals surface area contributed by atoms with Crippen LogP contribution in [0, 0.1) is 0 Å². The van der Waals surface area contributed by atoms with E-state index in [1.807, 2.05) is 0 Å². The van der Waals surface area contributed by atoms with Gasteiger partial charge >= 0.3 is 0 Å². The third kappa shape index (κ3) is 2.48. The van der Waals surface area contributed by atoms with E-state index >= 15 is 0 Å². The molecule has 0 rings (SSSR count). The van der Waals surface area contributed by atoms with Gasteiger partial charge in [0.1, 0.15) is 5.25 Å². The highest BCUT2D eigenvalue weighted by Gasteiger charge is 2.24. The molecule has 0 aliphatic carbocycles. The summed E-state index contributed by atoms with van der Waals surface area (Å²) in [5.41, 5.74) is 0.263. The van der Waals surface area contributed by atoms with Crippen LogP contribution in [0.5, 0.6) is 0 Å². The van der Waals surface area contributed by atoms with Crippen LogP contribution in [-0.4, -0.2) is 30.3 Å². The molecule has 72 valence electrons. The van der Waals surface area contributed by atoms with Gasteiger partial charge < -0.3 is 5.21 Å². The molecule has 0 radical (unpaired) electrons. The maximum atomic E-state index is 11.3. The zero-order chi connectivity index (χ0) is 9.78. The van der Waals surface area contributed by atoms with Gasteiger partial charge in [-0.25, -0.2) is 8.42 Å². The molecule has 12 heavy (non-hydrogen) atoms. The van der Waals surface area contributed by atoms with Gasteiger partial charge in [0.25, 0.3) is 0 Å². The van der Waals surface area contributed by atoms with Crippen molar-refractivity contribution in [1.82, 2.24) is 0 Å². The summed E-state index contributed by atoms with van der Waals surface area (Å²) in [6.45, 7) is 4.86. The van der Waals surface area contributed by atoms with E-state index in [2.05, 4.69) is 5.16 Å². The molecule has 0 saturated heterocycles. The van der Waals surface area contributed by atoms with Crippen molar-refractivity contribution >= 4 is 15.5 Å². The highest BCUT2D eigenvalue weighted by molar-refractivity contribution is 7.92. The van der Waals surface area contributed by atoms with Crippen molar-refractivity contribution in [3.8, 4) is 0 Å². The van der Waals surface area contributed by atoms with E-state index in [1.54, 1.807) is 13.8 Å². The monoisotopic (exact) mass is 193 g/mol. The number of rotatable bonds is 4. The summed E-state index contributed by atoms with van der Waals surface area (Å²) < 4.78 is 22.7. The van der Waals surface area contributed by atoms with Crippen molar-refractivity contribution in [2.24, 2.45) is 5.16 Å². The molecule has 0 aromatic heterocycles. The second-order valence-corrected chi connectivity index (χ2v) is 5.06. The Morgan fingerprint density at radius 2 is 2.00 bits per heavy atom. The van der Waals surface area contributed by atoms with Crippen molar-refractivity contribution in [2.45, 2.75) is 32.4 Å². The fourth-order valence-electron chi connectivity index (χ4n) is 1.07. The van der Waals surface area contributed by atoms with Crippen molar-refractivity contribution in [3.05, 3.63) is 0 Å². The van der Waals surface area contributed by atoms with Gasteiger partial charge in [-0.2, -0.15) is 0 Å². The number of hydrogen-bond acceptors (Lipinski definition) is 4. The van der Waals surface area contributed by atoms with Crippen molar-refractivity contribution < 1.29 is 13.6 Å². The molecule has 4 nitrogen and oxygen atoms in total. The maximum absolute atomic E-state index is 11.3. The smallest absolute Gasteiger partial charge is 0.158 e. The first-order valence-electron chi connectivity index (χ1n) is 3.89. The van der Waals surface area contributed by atoms with Gasteiger partial charge in [-0.05, 0) is 13.3 Å². The summed E-state index contributed by atoms with van der Waals surface area (Å²) >= 11 is 0.